The van der Waals surface area contributed by atoms with E-state index in [1.165, 1.54) is 6.07 Å². The largest absolute Gasteiger partial charge is 0.323 e. The summed E-state index contributed by atoms with van der Waals surface area (Å²) in [6, 6.07) is 4.57. The number of hydrogen-bond donors (Lipinski definition) is 1. The Bertz CT molecular complexity index is 426. The topological polar surface area (TPSA) is 29.1 Å². The first-order valence-corrected chi connectivity index (χ1v) is 6.27. The molecule has 94 valence electrons. The van der Waals surface area contributed by atoms with Gasteiger partial charge in [-0.2, -0.15) is 0 Å². The maximum Gasteiger partial charge on any atom is 0.227 e. The highest BCUT2D eigenvalue weighted by atomic mass is 79.9. The third kappa shape index (κ3) is 3.80. The Hall–Kier alpha value is -0.900. The van der Waals surface area contributed by atoms with Crippen LogP contribution in [0, 0.1) is 17.2 Å². The molecule has 4 heteroatoms. The summed E-state index contributed by atoms with van der Waals surface area (Å²) in [7, 11) is 0. The molecule has 17 heavy (non-hydrogen) atoms. The van der Waals surface area contributed by atoms with Gasteiger partial charge in [0.15, 0.2) is 0 Å². The van der Waals surface area contributed by atoms with E-state index in [4.69, 9.17) is 0 Å². The Kier molecular flexibility index (Phi) is 4.31. The van der Waals surface area contributed by atoms with E-state index in [-0.39, 0.29) is 22.9 Å². The molecule has 0 saturated heterocycles. The molecule has 0 heterocycles. The summed E-state index contributed by atoms with van der Waals surface area (Å²) < 4.78 is 14.2. The lowest BCUT2D eigenvalue weighted by molar-refractivity contribution is -0.122. The van der Waals surface area contributed by atoms with Crippen molar-refractivity contribution in [3.05, 3.63) is 28.5 Å². The molecule has 1 aromatic rings. The number of rotatable bonds is 2. The van der Waals surface area contributed by atoms with Gasteiger partial charge in [-0.1, -0.05) is 43.6 Å². The average Bonchev–Trinajstić information content (AvgIpc) is 2.19. The fraction of sp³-hybridized carbons (Fsp3) is 0.462. The van der Waals surface area contributed by atoms with Gasteiger partial charge in [0.05, 0.1) is 5.69 Å². The lowest BCUT2D eigenvalue weighted by atomic mass is 9.81. The number of benzene rings is 1. The van der Waals surface area contributed by atoms with Crippen molar-refractivity contribution in [2.75, 3.05) is 5.32 Å². The molecule has 1 atom stereocenters. The molecule has 0 aliphatic rings. The van der Waals surface area contributed by atoms with E-state index < -0.39 is 5.82 Å². The van der Waals surface area contributed by atoms with Gasteiger partial charge in [0.25, 0.3) is 0 Å². The maximum atomic E-state index is 13.5. The minimum Gasteiger partial charge on any atom is -0.323 e. The van der Waals surface area contributed by atoms with Crippen LogP contribution in [0.1, 0.15) is 27.7 Å². The van der Waals surface area contributed by atoms with Gasteiger partial charge in [0, 0.05) is 10.4 Å². The van der Waals surface area contributed by atoms with Crippen molar-refractivity contribution >= 4 is 27.5 Å². The van der Waals surface area contributed by atoms with Crippen molar-refractivity contribution in [1.29, 1.82) is 0 Å². The quantitative estimate of drug-likeness (QED) is 0.871. The first-order valence-electron chi connectivity index (χ1n) is 5.47. The third-order valence-corrected chi connectivity index (χ3v) is 3.37. The van der Waals surface area contributed by atoms with Gasteiger partial charge in [0.2, 0.25) is 5.91 Å². The third-order valence-electron chi connectivity index (χ3n) is 2.88. The van der Waals surface area contributed by atoms with E-state index in [2.05, 4.69) is 21.2 Å². The van der Waals surface area contributed by atoms with E-state index in [0.29, 0.717) is 4.47 Å². The summed E-state index contributed by atoms with van der Waals surface area (Å²) in [6.45, 7) is 7.78. The van der Waals surface area contributed by atoms with Crippen LogP contribution in [-0.2, 0) is 4.79 Å². The fourth-order valence-corrected chi connectivity index (χ4v) is 1.56. The Balaban J connectivity index is 2.82. The second-order valence-electron chi connectivity index (χ2n) is 5.20. The van der Waals surface area contributed by atoms with Crippen LogP contribution in [0.5, 0.6) is 0 Å². The summed E-state index contributed by atoms with van der Waals surface area (Å²) >= 11 is 3.17. The highest BCUT2D eigenvalue weighted by Crippen LogP contribution is 2.27. The van der Waals surface area contributed by atoms with Gasteiger partial charge >= 0.3 is 0 Å². The monoisotopic (exact) mass is 301 g/mol. The molecule has 0 bridgehead atoms. The lowest BCUT2D eigenvalue weighted by Gasteiger charge is -2.26. The molecule has 1 aromatic carbocycles. The first-order chi connectivity index (χ1) is 7.71. The fourth-order valence-electron chi connectivity index (χ4n) is 1.23. The number of carbonyl (C=O) groups is 1. The van der Waals surface area contributed by atoms with Gasteiger partial charge in [-0.05, 0) is 23.6 Å². The lowest BCUT2D eigenvalue weighted by Crippen LogP contribution is -2.31. The smallest absolute Gasteiger partial charge is 0.227 e. The van der Waals surface area contributed by atoms with Gasteiger partial charge in [-0.25, -0.2) is 4.39 Å². The van der Waals surface area contributed by atoms with Crippen LogP contribution in [0.2, 0.25) is 0 Å². The normalized spacial score (nSPS) is 13.3. The van der Waals surface area contributed by atoms with Crippen LogP contribution in [0.25, 0.3) is 0 Å². The van der Waals surface area contributed by atoms with Gasteiger partial charge in [-0.3, -0.25) is 4.79 Å². The van der Waals surface area contributed by atoms with Crippen molar-refractivity contribution in [2.24, 2.45) is 11.3 Å². The van der Waals surface area contributed by atoms with Crippen molar-refractivity contribution in [3.63, 3.8) is 0 Å². The summed E-state index contributed by atoms with van der Waals surface area (Å²) in [5.41, 5.74) is 0.0740. The Morgan fingerprint density at radius 2 is 2.00 bits per heavy atom. The Labute approximate surface area is 110 Å². The standard InChI is InChI=1S/C13H17BrFNO/c1-8(13(2,3)4)12(17)16-11-6-5-9(14)7-10(11)15/h5-8H,1-4H3,(H,16,17)/t8-/m1/s1. The molecule has 0 fully saturated rings. The van der Waals surface area contributed by atoms with Crippen LogP contribution in [0.4, 0.5) is 10.1 Å². The molecule has 0 aliphatic carbocycles. The molecule has 2 nitrogen and oxygen atoms in total. The SMILES string of the molecule is C[C@H](C(=O)Nc1ccc(Br)cc1F)C(C)(C)C. The molecule has 1 N–H and O–H groups in total. The zero-order valence-electron chi connectivity index (χ0n) is 10.5. The van der Waals surface area contributed by atoms with Crippen LogP contribution in [0.3, 0.4) is 0 Å². The summed E-state index contributed by atoms with van der Waals surface area (Å²) in [4.78, 5) is 11.9. The predicted molar refractivity (Wildman–Crippen MR) is 71.3 cm³/mol. The highest BCUT2D eigenvalue weighted by molar-refractivity contribution is 9.10. The van der Waals surface area contributed by atoms with Crippen LogP contribution < -0.4 is 5.32 Å². The molecule has 0 spiro atoms. The highest BCUT2D eigenvalue weighted by Gasteiger charge is 2.27. The molecular formula is C13H17BrFNO. The van der Waals surface area contributed by atoms with Crippen LogP contribution in [-0.4, -0.2) is 5.91 Å². The van der Waals surface area contributed by atoms with E-state index >= 15 is 0 Å². The summed E-state index contributed by atoms with van der Waals surface area (Å²) in [5, 5.41) is 2.61. The number of hydrogen-bond acceptors (Lipinski definition) is 1. The maximum absolute atomic E-state index is 13.5. The zero-order valence-corrected chi connectivity index (χ0v) is 12.1. The summed E-state index contributed by atoms with van der Waals surface area (Å²) in [6.07, 6.45) is 0. The van der Waals surface area contributed by atoms with E-state index in [9.17, 15) is 9.18 Å². The second-order valence-corrected chi connectivity index (χ2v) is 6.12. The molecule has 1 rings (SSSR count). The second kappa shape index (κ2) is 5.17. The van der Waals surface area contributed by atoms with E-state index in [1.807, 2.05) is 27.7 Å². The minimum atomic E-state index is -0.436. The number of anilines is 1. The minimum absolute atomic E-state index is 0.143. The summed E-state index contributed by atoms with van der Waals surface area (Å²) in [5.74, 6) is -0.793. The van der Waals surface area contributed by atoms with E-state index in [0.717, 1.165) is 0 Å². The molecular weight excluding hydrogens is 285 g/mol. The Morgan fingerprint density at radius 1 is 1.41 bits per heavy atom. The van der Waals surface area contributed by atoms with E-state index in [1.54, 1.807) is 12.1 Å². The van der Waals surface area contributed by atoms with Crippen molar-refractivity contribution < 1.29 is 9.18 Å². The molecule has 0 unspecified atom stereocenters. The number of halogens is 2. The molecule has 0 saturated carbocycles. The van der Waals surface area contributed by atoms with Crippen LogP contribution >= 0.6 is 15.9 Å². The zero-order chi connectivity index (χ0) is 13.2. The number of amides is 1. The van der Waals surface area contributed by atoms with Crippen molar-refractivity contribution in [2.45, 2.75) is 27.7 Å². The van der Waals surface area contributed by atoms with Gasteiger partial charge < -0.3 is 5.32 Å². The predicted octanol–water partition coefficient (Wildman–Crippen LogP) is 4.21. The van der Waals surface area contributed by atoms with Crippen molar-refractivity contribution in [1.82, 2.24) is 0 Å². The average molecular weight is 302 g/mol. The molecule has 0 radical (unpaired) electrons. The van der Waals surface area contributed by atoms with Crippen molar-refractivity contribution in [3.8, 4) is 0 Å². The van der Waals surface area contributed by atoms with Gasteiger partial charge in [0.1, 0.15) is 5.82 Å². The van der Waals surface area contributed by atoms with Crippen LogP contribution in [0.15, 0.2) is 22.7 Å². The molecule has 0 aromatic heterocycles. The molecule has 0 aliphatic heterocycles. The number of nitrogens with one attached hydrogen (secondary N) is 1. The van der Waals surface area contributed by atoms with Gasteiger partial charge in [-0.15, -0.1) is 0 Å². The first kappa shape index (κ1) is 14.2. The Morgan fingerprint density at radius 3 is 2.47 bits per heavy atom. The number of carbonyl (C=O) groups excluding carboxylic acids is 1. The molecule has 1 amide bonds.